The molecular weight excluding hydrogens is 198 g/mol. The van der Waals surface area contributed by atoms with Crippen LogP contribution in [0, 0.1) is 6.92 Å². The summed E-state index contributed by atoms with van der Waals surface area (Å²) in [5.41, 5.74) is 2.85. The zero-order valence-corrected chi connectivity index (χ0v) is 10.4. The van der Waals surface area contributed by atoms with Crippen molar-refractivity contribution in [3.05, 3.63) is 35.4 Å². The van der Waals surface area contributed by atoms with Crippen LogP contribution < -0.4 is 0 Å². The van der Waals surface area contributed by atoms with Crippen molar-refractivity contribution in [1.82, 2.24) is 4.90 Å². The highest BCUT2D eigenvalue weighted by Crippen LogP contribution is 2.31. The number of nitrogens with zero attached hydrogens (tertiary/aromatic N) is 1. The van der Waals surface area contributed by atoms with Gasteiger partial charge in [-0.15, -0.1) is 0 Å². The molecule has 88 valence electrons. The molecule has 0 aliphatic carbocycles. The molecule has 0 amide bonds. The molecule has 1 heterocycles. The molecule has 0 spiro atoms. The number of piperidine rings is 1. The molecule has 2 nitrogen and oxygen atoms in total. The van der Waals surface area contributed by atoms with Crippen LogP contribution in [0.15, 0.2) is 24.3 Å². The van der Waals surface area contributed by atoms with E-state index >= 15 is 0 Å². The molecule has 0 saturated carbocycles. The van der Waals surface area contributed by atoms with Gasteiger partial charge in [-0.2, -0.15) is 0 Å². The Morgan fingerprint density at radius 1 is 1.31 bits per heavy atom. The Morgan fingerprint density at radius 3 is 2.75 bits per heavy atom. The van der Waals surface area contributed by atoms with Crippen molar-refractivity contribution in [3.8, 4) is 0 Å². The molecule has 1 aromatic rings. The number of aryl methyl sites for hydroxylation is 1. The van der Waals surface area contributed by atoms with E-state index < -0.39 is 0 Å². The summed E-state index contributed by atoms with van der Waals surface area (Å²) in [4.78, 5) is 2.35. The Hall–Kier alpha value is -0.860. The first-order valence-electron chi connectivity index (χ1n) is 5.99. The minimum atomic E-state index is 0.333. The number of rotatable bonds is 2. The van der Waals surface area contributed by atoms with Crippen LogP contribution in [0.4, 0.5) is 0 Å². The summed E-state index contributed by atoms with van der Waals surface area (Å²) >= 11 is 0. The lowest BCUT2D eigenvalue weighted by Gasteiger charge is -2.36. The van der Waals surface area contributed by atoms with E-state index in [1.807, 2.05) is 7.11 Å². The van der Waals surface area contributed by atoms with Crippen LogP contribution in [-0.4, -0.2) is 38.3 Å². The largest absolute Gasteiger partial charge is 0.379 e. The maximum absolute atomic E-state index is 5.64. The second-order valence-corrected chi connectivity index (χ2v) is 4.79. The Labute approximate surface area is 98.2 Å². The van der Waals surface area contributed by atoms with Gasteiger partial charge in [0.05, 0.1) is 6.10 Å². The Kier molecular flexibility index (Phi) is 3.62. The quantitative estimate of drug-likeness (QED) is 0.757. The number of methoxy groups -OCH3 is 1. The lowest BCUT2D eigenvalue weighted by molar-refractivity contribution is 0.0231. The number of likely N-dealkylation sites (N-methyl/N-ethyl adjacent to an activating group) is 1. The van der Waals surface area contributed by atoms with E-state index in [9.17, 15) is 0 Å². The average molecular weight is 219 g/mol. The molecular formula is C14H21NO. The maximum atomic E-state index is 5.64. The van der Waals surface area contributed by atoms with Crippen LogP contribution in [0.25, 0.3) is 0 Å². The second kappa shape index (κ2) is 4.98. The molecule has 1 aliphatic heterocycles. The molecule has 0 N–H and O–H groups in total. The number of benzene rings is 1. The summed E-state index contributed by atoms with van der Waals surface area (Å²) in [5, 5.41) is 0. The van der Waals surface area contributed by atoms with Gasteiger partial charge < -0.3 is 9.64 Å². The predicted octanol–water partition coefficient (Wildman–Crippen LogP) is 2.43. The summed E-state index contributed by atoms with van der Waals surface area (Å²) in [6.07, 6.45) is 1.53. The maximum Gasteiger partial charge on any atom is 0.0766 e. The van der Waals surface area contributed by atoms with Gasteiger partial charge in [-0.3, -0.25) is 0 Å². The van der Waals surface area contributed by atoms with Crippen molar-refractivity contribution >= 4 is 0 Å². The summed E-state index contributed by atoms with van der Waals surface area (Å²) in [6, 6.07) is 8.68. The molecule has 0 bridgehead atoms. The van der Waals surface area contributed by atoms with Crippen molar-refractivity contribution in [2.75, 3.05) is 27.2 Å². The Bertz CT molecular complexity index is 350. The van der Waals surface area contributed by atoms with Crippen molar-refractivity contribution < 1.29 is 4.74 Å². The van der Waals surface area contributed by atoms with Crippen LogP contribution in [-0.2, 0) is 4.74 Å². The van der Waals surface area contributed by atoms with Crippen molar-refractivity contribution in [2.45, 2.75) is 25.4 Å². The second-order valence-electron chi connectivity index (χ2n) is 4.79. The third-order valence-corrected chi connectivity index (χ3v) is 3.65. The van der Waals surface area contributed by atoms with E-state index in [1.54, 1.807) is 0 Å². The summed E-state index contributed by atoms with van der Waals surface area (Å²) < 4.78 is 5.64. The van der Waals surface area contributed by atoms with Gasteiger partial charge in [-0.1, -0.05) is 24.3 Å². The highest BCUT2D eigenvalue weighted by molar-refractivity contribution is 5.30. The molecule has 1 aliphatic rings. The fraction of sp³-hybridized carbons (Fsp3) is 0.571. The minimum absolute atomic E-state index is 0.333. The number of likely N-dealkylation sites (tertiary alicyclic amines) is 1. The number of hydrogen-bond donors (Lipinski definition) is 0. The minimum Gasteiger partial charge on any atom is -0.379 e. The zero-order chi connectivity index (χ0) is 11.5. The molecule has 2 unspecified atom stereocenters. The number of ether oxygens (including phenoxy) is 1. The molecule has 2 heteroatoms. The van der Waals surface area contributed by atoms with Gasteiger partial charge in [0, 0.05) is 19.6 Å². The van der Waals surface area contributed by atoms with E-state index in [4.69, 9.17) is 4.74 Å². The molecule has 0 aromatic heterocycles. The lowest BCUT2D eigenvalue weighted by atomic mass is 9.85. The first-order chi connectivity index (χ1) is 7.72. The van der Waals surface area contributed by atoms with Gasteiger partial charge in [0.15, 0.2) is 0 Å². The Morgan fingerprint density at radius 2 is 2.06 bits per heavy atom. The smallest absolute Gasteiger partial charge is 0.0766 e. The van der Waals surface area contributed by atoms with Gasteiger partial charge in [0.1, 0.15) is 0 Å². The van der Waals surface area contributed by atoms with E-state index in [1.165, 1.54) is 24.1 Å². The molecule has 2 atom stereocenters. The van der Waals surface area contributed by atoms with E-state index in [0.29, 0.717) is 12.0 Å². The molecule has 1 fully saturated rings. The van der Waals surface area contributed by atoms with Crippen molar-refractivity contribution in [2.24, 2.45) is 0 Å². The van der Waals surface area contributed by atoms with Gasteiger partial charge in [0.25, 0.3) is 0 Å². The normalized spacial score (nSPS) is 26.9. The van der Waals surface area contributed by atoms with Crippen molar-refractivity contribution in [1.29, 1.82) is 0 Å². The van der Waals surface area contributed by atoms with Crippen LogP contribution >= 0.6 is 0 Å². The fourth-order valence-electron chi connectivity index (χ4n) is 2.67. The predicted molar refractivity (Wildman–Crippen MR) is 66.8 cm³/mol. The van der Waals surface area contributed by atoms with E-state index in [-0.39, 0.29) is 0 Å². The fourth-order valence-corrected chi connectivity index (χ4v) is 2.67. The van der Waals surface area contributed by atoms with Crippen LogP contribution in [0.1, 0.15) is 23.5 Å². The standard InChI is InChI=1S/C14H21NO/c1-11-6-4-5-7-12(11)13-8-9-15(2)10-14(13)16-3/h4-7,13-14H,8-10H2,1-3H3. The van der Waals surface area contributed by atoms with Crippen LogP contribution in [0.3, 0.4) is 0 Å². The zero-order valence-electron chi connectivity index (χ0n) is 10.4. The lowest BCUT2D eigenvalue weighted by Crippen LogP contribution is -2.41. The molecule has 1 saturated heterocycles. The highest BCUT2D eigenvalue weighted by atomic mass is 16.5. The monoisotopic (exact) mass is 219 g/mol. The van der Waals surface area contributed by atoms with E-state index in [0.717, 1.165) is 6.54 Å². The molecule has 2 rings (SSSR count). The Balaban J connectivity index is 2.22. The first kappa shape index (κ1) is 11.6. The topological polar surface area (TPSA) is 12.5 Å². The molecule has 1 aromatic carbocycles. The van der Waals surface area contributed by atoms with Gasteiger partial charge in [0.2, 0.25) is 0 Å². The van der Waals surface area contributed by atoms with Crippen LogP contribution in [0.5, 0.6) is 0 Å². The highest BCUT2D eigenvalue weighted by Gasteiger charge is 2.29. The van der Waals surface area contributed by atoms with Gasteiger partial charge in [-0.25, -0.2) is 0 Å². The summed E-state index contributed by atoms with van der Waals surface area (Å²) in [7, 11) is 4.00. The van der Waals surface area contributed by atoms with Crippen molar-refractivity contribution in [3.63, 3.8) is 0 Å². The third kappa shape index (κ3) is 2.28. The van der Waals surface area contributed by atoms with Crippen LogP contribution in [0.2, 0.25) is 0 Å². The first-order valence-corrected chi connectivity index (χ1v) is 5.99. The van der Waals surface area contributed by atoms with E-state index in [2.05, 4.69) is 43.1 Å². The summed E-state index contributed by atoms with van der Waals surface area (Å²) in [6.45, 7) is 4.40. The summed E-state index contributed by atoms with van der Waals surface area (Å²) in [5.74, 6) is 0.558. The average Bonchev–Trinajstić information content (AvgIpc) is 2.30. The number of hydrogen-bond acceptors (Lipinski definition) is 2. The SMILES string of the molecule is COC1CN(C)CCC1c1ccccc1C. The molecule has 16 heavy (non-hydrogen) atoms. The molecule has 0 radical (unpaired) electrons. The third-order valence-electron chi connectivity index (χ3n) is 3.65. The van der Waals surface area contributed by atoms with Gasteiger partial charge in [-0.05, 0) is 38.1 Å². The van der Waals surface area contributed by atoms with Gasteiger partial charge >= 0.3 is 0 Å².